The van der Waals surface area contributed by atoms with Gasteiger partial charge in [-0.25, -0.2) is 4.79 Å². The molecule has 118 valence electrons. The summed E-state index contributed by atoms with van der Waals surface area (Å²) in [5, 5.41) is 2.70. The molecule has 1 atom stereocenters. The maximum absolute atomic E-state index is 12.3. The normalized spacial score (nSPS) is 17.0. The number of carbonyl (C=O) groups is 2. The van der Waals surface area contributed by atoms with Crippen LogP contribution in [0.3, 0.4) is 0 Å². The van der Waals surface area contributed by atoms with Crippen molar-refractivity contribution in [2.75, 3.05) is 0 Å². The van der Waals surface area contributed by atoms with E-state index >= 15 is 0 Å². The van der Waals surface area contributed by atoms with Gasteiger partial charge in [0.15, 0.2) is 5.78 Å². The van der Waals surface area contributed by atoms with E-state index in [0.717, 1.165) is 17.5 Å². The summed E-state index contributed by atoms with van der Waals surface area (Å²) in [5.41, 5.74) is 3.16. The number of amides is 1. The summed E-state index contributed by atoms with van der Waals surface area (Å²) in [6, 6.07) is 16.9. The van der Waals surface area contributed by atoms with Crippen LogP contribution in [0.2, 0.25) is 0 Å². The quantitative estimate of drug-likeness (QED) is 0.887. The van der Waals surface area contributed by atoms with E-state index in [0.29, 0.717) is 12.8 Å². The molecule has 0 radical (unpaired) electrons. The van der Waals surface area contributed by atoms with Crippen LogP contribution in [0.4, 0.5) is 4.79 Å². The van der Waals surface area contributed by atoms with Crippen molar-refractivity contribution in [1.29, 1.82) is 0 Å². The van der Waals surface area contributed by atoms with Gasteiger partial charge in [0.25, 0.3) is 0 Å². The van der Waals surface area contributed by atoms with Gasteiger partial charge in [0.2, 0.25) is 0 Å². The van der Waals surface area contributed by atoms with Crippen LogP contribution in [0, 0.1) is 0 Å². The lowest BCUT2D eigenvalue weighted by Crippen LogP contribution is -2.41. The molecular weight excluding hydrogens is 290 g/mol. The van der Waals surface area contributed by atoms with E-state index in [2.05, 4.69) is 5.32 Å². The minimum atomic E-state index is -0.543. The Labute approximate surface area is 135 Å². The van der Waals surface area contributed by atoms with E-state index in [1.165, 1.54) is 5.56 Å². The molecule has 0 unspecified atom stereocenters. The fourth-order valence-electron chi connectivity index (χ4n) is 2.81. The van der Waals surface area contributed by atoms with Crippen LogP contribution in [0.25, 0.3) is 0 Å². The summed E-state index contributed by atoms with van der Waals surface area (Å²) in [6.07, 6.45) is 1.21. The van der Waals surface area contributed by atoms with Gasteiger partial charge in [0.05, 0.1) is 6.04 Å². The predicted octanol–water partition coefficient (Wildman–Crippen LogP) is 3.04. The number of fused-ring (bicyclic) bond motifs is 1. The summed E-state index contributed by atoms with van der Waals surface area (Å²) in [6.45, 7) is 0.202. The first-order valence-corrected chi connectivity index (χ1v) is 7.79. The van der Waals surface area contributed by atoms with Crippen molar-refractivity contribution in [2.45, 2.75) is 31.9 Å². The van der Waals surface area contributed by atoms with E-state index in [9.17, 15) is 9.59 Å². The number of rotatable bonds is 3. The highest BCUT2D eigenvalue weighted by Gasteiger charge is 2.25. The number of Topliss-reactive ketones (excluding diaryl/α,β-unsaturated/α-hetero) is 1. The molecule has 2 aromatic carbocycles. The summed E-state index contributed by atoms with van der Waals surface area (Å²) in [5.74, 6) is 0.0339. The molecule has 0 bridgehead atoms. The zero-order valence-electron chi connectivity index (χ0n) is 12.8. The van der Waals surface area contributed by atoms with Crippen molar-refractivity contribution in [2.24, 2.45) is 0 Å². The van der Waals surface area contributed by atoms with E-state index in [4.69, 9.17) is 4.74 Å². The first-order valence-electron chi connectivity index (χ1n) is 7.79. The van der Waals surface area contributed by atoms with Crippen LogP contribution >= 0.6 is 0 Å². The Bertz CT molecular complexity index is 697. The third-order valence-electron chi connectivity index (χ3n) is 4.08. The van der Waals surface area contributed by atoms with Gasteiger partial charge in [0, 0.05) is 6.42 Å². The molecule has 1 aliphatic rings. The van der Waals surface area contributed by atoms with Crippen LogP contribution in [-0.2, 0) is 29.0 Å². The van der Waals surface area contributed by atoms with Crippen LogP contribution in [0.1, 0.15) is 23.1 Å². The molecule has 2 aromatic rings. The Balaban J connectivity index is 1.56. The average molecular weight is 309 g/mol. The summed E-state index contributed by atoms with van der Waals surface area (Å²) in [7, 11) is 0. The van der Waals surface area contributed by atoms with E-state index < -0.39 is 12.1 Å². The zero-order chi connectivity index (χ0) is 16.1. The molecule has 3 rings (SSSR count). The molecule has 4 nitrogen and oxygen atoms in total. The van der Waals surface area contributed by atoms with Gasteiger partial charge in [-0.05, 0) is 29.5 Å². The number of ether oxygens (including phenoxy) is 1. The van der Waals surface area contributed by atoms with Crippen LogP contribution in [0.5, 0.6) is 0 Å². The monoisotopic (exact) mass is 309 g/mol. The third-order valence-corrected chi connectivity index (χ3v) is 4.08. The van der Waals surface area contributed by atoms with Crippen molar-refractivity contribution in [3.8, 4) is 0 Å². The molecule has 0 fully saturated rings. The van der Waals surface area contributed by atoms with Crippen molar-refractivity contribution in [3.63, 3.8) is 0 Å². The first-order chi connectivity index (χ1) is 11.2. The molecule has 0 spiro atoms. The summed E-state index contributed by atoms with van der Waals surface area (Å²) in [4.78, 5) is 24.2. The van der Waals surface area contributed by atoms with Gasteiger partial charge in [-0.15, -0.1) is 0 Å². The Hall–Kier alpha value is -2.62. The van der Waals surface area contributed by atoms with Gasteiger partial charge < -0.3 is 10.1 Å². The minimum absolute atomic E-state index is 0.0339. The van der Waals surface area contributed by atoms with Crippen LogP contribution in [-0.4, -0.2) is 17.9 Å². The van der Waals surface area contributed by atoms with Crippen molar-refractivity contribution >= 4 is 11.9 Å². The minimum Gasteiger partial charge on any atom is -0.445 e. The lowest BCUT2D eigenvalue weighted by molar-refractivity contribution is -0.120. The summed E-state index contributed by atoms with van der Waals surface area (Å²) < 4.78 is 5.19. The molecule has 1 amide bonds. The molecule has 4 heteroatoms. The van der Waals surface area contributed by atoms with Gasteiger partial charge in [-0.3, -0.25) is 4.79 Å². The molecule has 1 N–H and O–H groups in total. The second-order valence-corrected chi connectivity index (χ2v) is 5.71. The van der Waals surface area contributed by atoms with Gasteiger partial charge >= 0.3 is 6.09 Å². The Kier molecular flexibility index (Phi) is 4.71. The van der Waals surface area contributed by atoms with Crippen molar-refractivity contribution < 1.29 is 14.3 Å². The Morgan fingerprint density at radius 1 is 1.04 bits per heavy atom. The Morgan fingerprint density at radius 3 is 2.52 bits per heavy atom. The fourth-order valence-corrected chi connectivity index (χ4v) is 2.81. The average Bonchev–Trinajstić information content (AvgIpc) is 2.73. The fraction of sp³-hybridized carbons (Fsp3) is 0.263. The number of hydrogen-bond donors (Lipinski definition) is 1. The van der Waals surface area contributed by atoms with Crippen LogP contribution in [0.15, 0.2) is 54.6 Å². The first kappa shape index (κ1) is 15.3. The third kappa shape index (κ3) is 3.97. The van der Waals surface area contributed by atoms with Gasteiger partial charge in [-0.2, -0.15) is 0 Å². The second-order valence-electron chi connectivity index (χ2n) is 5.71. The van der Waals surface area contributed by atoms with Crippen molar-refractivity contribution in [3.05, 3.63) is 71.3 Å². The number of carbonyl (C=O) groups excluding carboxylic acids is 2. The zero-order valence-corrected chi connectivity index (χ0v) is 12.8. The number of alkyl carbamates (subject to hydrolysis) is 1. The number of ketones is 1. The largest absolute Gasteiger partial charge is 0.445 e. The van der Waals surface area contributed by atoms with Crippen LogP contribution < -0.4 is 5.32 Å². The predicted molar refractivity (Wildman–Crippen MR) is 87.0 cm³/mol. The highest BCUT2D eigenvalue weighted by atomic mass is 16.5. The molecule has 1 aliphatic carbocycles. The lowest BCUT2D eigenvalue weighted by Gasteiger charge is -2.15. The summed E-state index contributed by atoms with van der Waals surface area (Å²) >= 11 is 0. The van der Waals surface area contributed by atoms with E-state index in [-0.39, 0.29) is 12.4 Å². The smallest absolute Gasteiger partial charge is 0.408 e. The maximum atomic E-state index is 12.3. The molecule has 0 heterocycles. The highest BCUT2D eigenvalue weighted by Crippen LogP contribution is 2.18. The molecule has 0 saturated carbocycles. The second kappa shape index (κ2) is 7.09. The van der Waals surface area contributed by atoms with Gasteiger partial charge in [0.1, 0.15) is 6.61 Å². The Morgan fingerprint density at radius 2 is 1.74 bits per heavy atom. The van der Waals surface area contributed by atoms with Gasteiger partial charge in [-0.1, -0.05) is 54.6 Å². The van der Waals surface area contributed by atoms with E-state index in [1.54, 1.807) is 0 Å². The number of benzene rings is 2. The molecule has 0 aliphatic heterocycles. The SMILES string of the molecule is O=C(N[C@H]1CCc2ccccc2CC1=O)OCc1ccccc1. The maximum Gasteiger partial charge on any atom is 0.408 e. The number of hydrogen-bond acceptors (Lipinski definition) is 3. The molecule has 23 heavy (non-hydrogen) atoms. The number of nitrogens with one attached hydrogen (secondary N) is 1. The molecular formula is C19H19NO3. The topological polar surface area (TPSA) is 55.4 Å². The highest BCUT2D eigenvalue weighted by molar-refractivity contribution is 5.89. The standard InChI is InChI=1S/C19H19NO3/c21-18-12-16-9-5-4-8-15(16)10-11-17(18)20-19(22)23-13-14-6-2-1-3-7-14/h1-9,17H,10-13H2,(H,20,22)/t17-/m0/s1. The molecule has 0 aromatic heterocycles. The molecule has 0 saturated heterocycles. The van der Waals surface area contributed by atoms with E-state index in [1.807, 2.05) is 54.6 Å². The lowest BCUT2D eigenvalue weighted by atomic mass is 10.0. The number of aryl methyl sites for hydroxylation is 1. The van der Waals surface area contributed by atoms with Crippen molar-refractivity contribution in [1.82, 2.24) is 5.32 Å².